The number of ether oxygens (including phenoxy) is 3. The molecule has 0 aliphatic carbocycles. The van der Waals surface area contributed by atoms with Gasteiger partial charge in [0.15, 0.2) is 0 Å². The van der Waals surface area contributed by atoms with E-state index in [2.05, 4.69) is 4.74 Å². The summed E-state index contributed by atoms with van der Waals surface area (Å²) in [6.45, 7) is 2.50. The van der Waals surface area contributed by atoms with E-state index in [9.17, 15) is 29.8 Å². The summed E-state index contributed by atoms with van der Waals surface area (Å²) in [6.07, 6.45) is 0.739. The Balaban J connectivity index is 0.000000342. The minimum absolute atomic E-state index is 0.00196. The molecule has 1 unspecified atom stereocenters. The van der Waals surface area contributed by atoms with Crippen LogP contribution in [0.25, 0.3) is 0 Å². The largest absolute Gasteiger partial charge is 0.494 e. The molecule has 34 heavy (non-hydrogen) atoms. The molecule has 0 fully saturated rings. The maximum atomic E-state index is 11.0. The van der Waals surface area contributed by atoms with Gasteiger partial charge in [-0.1, -0.05) is 6.92 Å². The summed E-state index contributed by atoms with van der Waals surface area (Å²) >= 11 is 0. The molecule has 0 saturated carbocycles. The van der Waals surface area contributed by atoms with Gasteiger partial charge in [-0.15, -0.1) is 0 Å². The maximum absolute atomic E-state index is 11.0. The van der Waals surface area contributed by atoms with Crippen LogP contribution in [0.3, 0.4) is 0 Å². The molecule has 0 radical (unpaired) electrons. The second-order valence-electron chi connectivity index (χ2n) is 7.04. The van der Waals surface area contributed by atoms with Crippen LogP contribution < -0.4 is 9.47 Å². The highest BCUT2D eigenvalue weighted by atomic mass is 16.6. The molecule has 1 atom stereocenters. The van der Waals surface area contributed by atoms with Crippen LogP contribution >= 0.6 is 0 Å². The van der Waals surface area contributed by atoms with E-state index in [0.717, 1.165) is 0 Å². The fraction of sp³-hybridized carbons (Fsp3) is 0.364. The number of non-ortho nitro benzene ring substituents is 2. The number of benzene rings is 2. The standard InChI is InChI=1S/C12H15NO5.C10H11NO5/c1-9(7-12(14)17-2)8-18-11-5-3-10(4-6-11)13(15)16;12-10(13)2-1-7-16-9-5-3-8(4-6-9)11(14)15/h3-6,9H,7-8H2,1-2H3;3-6H,1-2,7H2,(H,12,13). The number of carbonyl (C=O) groups excluding carboxylic acids is 1. The Morgan fingerprint density at radius 2 is 1.38 bits per heavy atom. The number of hydrogen-bond acceptors (Lipinski definition) is 9. The smallest absolute Gasteiger partial charge is 0.305 e. The lowest BCUT2D eigenvalue weighted by molar-refractivity contribution is -0.385. The summed E-state index contributed by atoms with van der Waals surface area (Å²) in [6, 6.07) is 11.5. The average Bonchev–Trinajstić information content (AvgIpc) is 2.81. The van der Waals surface area contributed by atoms with Gasteiger partial charge in [0, 0.05) is 36.6 Å². The molecule has 0 spiro atoms. The Labute approximate surface area is 195 Å². The summed E-state index contributed by atoms with van der Waals surface area (Å²) in [5.74, 6) is -0.0944. The molecule has 2 aromatic rings. The monoisotopic (exact) mass is 478 g/mol. The second-order valence-corrected chi connectivity index (χ2v) is 7.04. The number of nitro benzene ring substituents is 2. The van der Waals surface area contributed by atoms with Gasteiger partial charge in [-0.25, -0.2) is 0 Å². The molecule has 184 valence electrons. The number of nitrogens with zero attached hydrogens (tertiary/aromatic N) is 2. The Hall–Kier alpha value is -4.22. The molecule has 0 aliphatic rings. The highest BCUT2D eigenvalue weighted by Gasteiger charge is 2.11. The van der Waals surface area contributed by atoms with Crippen LogP contribution in [0.1, 0.15) is 26.2 Å². The van der Waals surface area contributed by atoms with Gasteiger partial charge in [0.05, 0.1) is 36.6 Å². The van der Waals surface area contributed by atoms with Crippen molar-refractivity contribution < 1.29 is 38.8 Å². The lowest BCUT2D eigenvalue weighted by Crippen LogP contribution is -2.14. The van der Waals surface area contributed by atoms with E-state index in [4.69, 9.17) is 14.6 Å². The van der Waals surface area contributed by atoms with Crippen molar-refractivity contribution in [2.75, 3.05) is 20.3 Å². The molecule has 1 N–H and O–H groups in total. The van der Waals surface area contributed by atoms with Crippen LogP contribution in [0.2, 0.25) is 0 Å². The van der Waals surface area contributed by atoms with Crippen molar-refractivity contribution in [3.05, 3.63) is 68.8 Å². The zero-order chi connectivity index (χ0) is 25.5. The Bertz CT molecular complexity index is 945. The highest BCUT2D eigenvalue weighted by Crippen LogP contribution is 2.19. The lowest BCUT2D eigenvalue weighted by atomic mass is 10.1. The number of carboxylic acid groups (broad SMARTS) is 1. The fourth-order valence-corrected chi connectivity index (χ4v) is 2.41. The van der Waals surface area contributed by atoms with E-state index < -0.39 is 15.8 Å². The zero-order valence-corrected chi connectivity index (χ0v) is 18.7. The van der Waals surface area contributed by atoms with Crippen molar-refractivity contribution in [3.8, 4) is 11.5 Å². The van der Waals surface area contributed by atoms with Gasteiger partial charge in [0.2, 0.25) is 0 Å². The van der Waals surface area contributed by atoms with Crippen LogP contribution in [-0.2, 0) is 14.3 Å². The Morgan fingerprint density at radius 1 is 0.912 bits per heavy atom. The quantitative estimate of drug-likeness (QED) is 0.203. The first-order valence-corrected chi connectivity index (χ1v) is 10.2. The highest BCUT2D eigenvalue weighted by molar-refractivity contribution is 5.69. The number of rotatable bonds is 12. The van der Waals surface area contributed by atoms with Crippen LogP contribution in [-0.4, -0.2) is 47.2 Å². The number of nitro groups is 2. The molecule has 0 amide bonds. The van der Waals surface area contributed by atoms with Gasteiger partial charge < -0.3 is 19.3 Å². The van der Waals surface area contributed by atoms with Crippen LogP contribution in [0.4, 0.5) is 11.4 Å². The van der Waals surface area contributed by atoms with E-state index >= 15 is 0 Å². The van der Waals surface area contributed by atoms with Gasteiger partial charge in [-0.05, 0) is 30.7 Å². The van der Waals surface area contributed by atoms with Gasteiger partial charge >= 0.3 is 11.9 Å². The van der Waals surface area contributed by atoms with Crippen molar-refractivity contribution in [1.82, 2.24) is 0 Å². The molecule has 0 bridgehead atoms. The molecule has 0 aromatic heterocycles. The summed E-state index contributed by atoms with van der Waals surface area (Å²) in [7, 11) is 1.34. The van der Waals surface area contributed by atoms with Gasteiger partial charge in [0.25, 0.3) is 11.4 Å². The fourth-order valence-electron chi connectivity index (χ4n) is 2.41. The number of esters is 1. The number of methoxy groups -OCH3 is 1. The number of aliphatic carboxylic acids is 1. The van der Waals surface area contributed by atoms with Gasteiger partial charge in [-0.2, -0.15) is 0 Å². The molecule has 2 rings (SSSR count). The van der Waals surface area contributed by atoms with Crippen LogP contribution in [0, 0.1) is 26.1 Å². The van der Waals surface area contributed by atoms with Crippen molar-refractivity contribution in [3.63, 3.8) is 0 Å². The molecule has 12 nitrogen and oxygen atoms in total. The van der Waals surface area contributed by atoms with Crippen LogP contribution in [0.15, 0.2) is 48.5 Å². The summed E-state index contributed by atoms with van der Waals surface area (Å²) in [5, 5.41) is 29.2. The van der Waals surface area contributed by atoms with E-state index in [1.165, 1.54) is 55.6 Å². The van der Waals surface area contributed by atoms with Crippen molar-refractivity contribution in [1.29, 1.82) is 0 Å². The first-order valence-electron chi connectivity index (χ1n) is 10.2. The van der Waals surface area contributed by atoms with E-state index in [0.29, 0.717) is 24.5 Å². The SMILES string of the molecule is COC(=O)CC(C)COc1ccc([N+](=O)[O-])cc1.O=C(O)CCCOc1ccc([N+](=O)[O-])cc1. The molecule has 0 saturated heterocycles. The van der Waals surface area contributed by atoms with Crippen LogP contribution in [0.5, 0.6) is 11.5 Å². The minimum atomic E-state index is -0.868. The second kappa shape index (κ2) is 14.8. The van der Waals surface area contributed by atoms with Gasteiger partial charge in [-0.3, -0.25) is 29.8 Å². The van der Waals surface area contributed by atoms with Crippen molar-refractivity contribution in [2.24, 2.45) is 5.92 Å². The van der Waals surface area contributed by atoms with Crippen molar-refractivity contribution in [2.45, 2.75) is 26.2 Å². The first kappa shape index (κ1) is 27.8. The van der Waals surface area contributed by atoms with E-state index in [1.807, 2.05) is 6.92 Å². The number of hydrogen-bond donors (Lipinski definition) is 1. The third-order valence-electron chi connectivity index (χ3n) is 4.18. The molecule has 12 heteroatoms. The predicted octanol–water partition coefficient (Wildman–Crippen LogP) is 4.01. The third-order valence-corrected chi connectivity index (χ3v) is 4.18. The summed E-state index contributed by atoms with van der Waals surface area (Å²) in [5.41, 5.74) is 0.0165. The number of carbonyl (C=O) groups is 2. The normalized spacial score (nSPS) is 10.8. The lowest BCUT2D eigenvalue weighted by Gasteiger charge is -2.11. The van der Waals surface area contributed by atoms with E-state index in [1.54, 1.807) is 0 Å². The molecule has 2 aromatic carbocycles. The Kier molecular flexibility index (Phi) is 12.1. The average molecular weight is 478 g/mol. The predicted molar refractivity (Wildman–Crippen MR) is 120 cm³/mol. The summed E-state index contributed by atoms with van der Waals surface area (Å²) < 4.78 is 15.2. The molecule has 0 aliphatic heterocycles. The first-order chi connectivity index (χ1) is 16.1. The topological polar surface area (TPSA) is 168 Å². The third kappa shape index (κ3) is 11.4. The van der Waals surface area contributed by atoms with E-state index in [-0.39, 0.29) is 42.7 Å². The molecule has 0 heterocycles. The minimum Gasteiger partial charge on any atom is -0.494 e. The summed E-state index contributed by atoms with van der Waals surface area (Å²) in [4.78, 5) is 41.0. The molecular weight excluding hydrogens is 452 g/mol. The van der Waals surface area contributed by atoms with Gasteiger partial charge in [0.1, 0.15) is 11.5 Å². The Morgan fingerprint density at radius 3 is 1.79 bits per heavy atom. The molecular formula is C22H26N2O10. The van der Waals surface area contributed by atoms with Crippen molar-refractivity contribution >= 4 is 23.3 Å². The number of carboxylic acids is 1. The zero-order valence-electron chi connectivity index (χ0n) is 18.7. The maximum Gasteiger partial charge on any atom is 0.305 e.